The second-order valence-corrected chi connectivity index (χ2v) is 5.54. The first-order valence-electron chi connectivity index (χ1n) is 7.65. The van der Waals surface area contributed by atoms with Crippen LogP contribution < -0.4 is 5.32 Å². The molecule has 2 aliphatic rings. The molecule has 8 nitrogen and oxygen atoms in total. The molecule has 3 heterocycles. The molecule has 124 valence electrons. The third-order valence-electron chi connectivity index (χ3n) is 4.01. The van der Waals surface area contributed by atoms with E-state index in [1.165, 1.54) is 6.26 Å². The molecule has 2 aliphatic heterocycles. The molecule has 0 aromatic carbocycles. The Morgan fingerprint density at radius 1 is 1.30 bits per heavy atom. The summed E-state index contributed by atoms with van der Waals surface area (Å²) >= 11 is 0. The van der Waals surface area contributed by atoms with Crippen molar-refractivity contribution < 1.29 is 23.5 Å². The number of ether oxygens (including phenoxy) is 1. The van der Waals surface area contributed by atoms with Crippen molar-refractivity contribution in [2.75, 3.05) is 26.3 Å². The maximum absolute atomic E-state index is 12.3. The fourth-order valence-electron chi connectivity index (χ4n) is 2.72. The summed E-state index contributed by atoms with van der Waals surface area (Å²) in [7, 11) is 0. The van der Waals surface area contributed by atoms with Crippen LogP contribution in [-0.4, -0.2) is 60.0 Å². The number of imide groups is 1. The van der Waals surface area contributed by atoms with Gasteiger partial charge in [0.1, 0.15) is 11.8 Å². The van der Waals surface area contributed by atoms with Crippen molar-refractivity contribution in [2.24, 2.45) is 0 Å². The average Bonchev–Trinajstić information content (AvgIpc) is 3.17. The predicted octanol–water partition coefficient (Wildman–Crippen LogP) is 0.339. The first-order valence-corrected chi connectivity index (χ1v) is 7.65. The second kappa shape index (κ2) is 6.82. The smallest absolute Gasteiger partial charge is 0.325 e. The van der Waals surface area contributed by atoms with Crippen LogP contribution in [0.4, 0.5) is 4.79 Å². The summed E-state index contributed by atoms with van der Waals surface area (Å²) in [6, 6.07) is 2.31. The van der Waals surface area contributed by atoms with Crippen LogP contribution in [0.3, 0.4) is 0 Å². The molecule has 0 radical (unpaired) electrons. The van der Waals surface area contributed by atoms with Crippen molar-refractivity contribution in [1.29, 1.82) is 0 Å². The van der Waals surface area contributed by atoms with E-state index in [2.05, 4.69) is 5.32 Å². The van der Waals surface area contributed by atoms with Gasteiger partial charge < -0.3 is 19.4 Å². The Kier molecular flexibility index (Phi) is 4.61. The van der Waals surface area contributed by atoms with E-state index in [-0.39, 0.29) is 24.8 Å². The van der Waals surface area contributed by atoms with E-state index in [9.17, 15) is 14.4 Å². The van der Waals surface area contributed by atoms with E-state index in [0.717, 1.165) is 4.90 Å². The molecular weight excluding hydrogens is 302 g/mol. The fraction of sp³-hybridized carbons (Fsp3) is 0.533. The average molecular weight is 321 g/mol. The van der Waals surface area contributed by atoms with Crippen LogP contribution in [0, 0.1) is 0 Å². The number of morpholine rings is 1. The van der Waals surface area contributed by atoms with Crippen molar-refractivity contribution in [1.82, 2.24) is 15.1 Å². The molecule has 1 aromatic heterocycles. The Balaban J connectivity index is 1.51. The van der Waals surface area contributed by atoms with E-state index in [0.29, 0.717) is 38.5 Å². The molecule has 3 rings (SSSR count). The minimum atomic E-state index is -0.651. The summed E-state index contributed by atoms with van der Waals surface area (Å²) in [6.45, 7) is 2.35. The molecule has 4 amide bonds. The number of nitrogens with one attached hydrogen (secondary N) is 1. The summed E-state index contributed by atoms with van der Waals surface area (Å²) in [4.78, 5) is 39.1. The lowest BCUT2D eigenvalue weighted by atomic mass is 10.1. The van der Waals surface area contributed by atoms with Gasteiger partial charge in [-0.15, -0.1) is 0 Å². The molecule has 1 aromatic rings. The quantitative estimate of drug-likeness (QED) is 0.790. The van der Waals surface area contributed by atoms with E-state index >= 15 is 0 Å². The summed E-state index contributed by atoms with van der Waals surface area (Å²) in [5.41, 5.74) is 0. The van der Waals surface area contributed by atoms with Gasteiger partial charge in [0.05, 0.1) is 26.0 Å². The van der Waals surface area contributed by atoms with Gasteiger partial charge in [0, 0.05) is 19.5 Å². The predicted molar refractivity (Wildman–Crippen MR) is 78.2 cm³/mol. The molecule has 1 atom stereocenters. The number of hydrogen-bond acceptors (Lipinski definition) is 5. The van der Waals surface area contributed by atoms with Crippen LogP contribution >= 0.6 is 0 Å². The van der Waals surface area contributed by atoms with Crippen molar-refractivity contribution >= 4 is 17.8 Å². The van der Waals surface area contributed by atoms with Gasteiger partial charge in [-0.25, -0.2) is 4.79 Å². The van der Waals surface area contributed by atoms with Gasteiger partial charge in [0.15, 0.2) is 0 Å². The standard InChI is InChI=1S/C15H19N3O5/c19-13(17-5-8-22-9-6-17)4-3-12-14(20)18(15(21)16-12)10-11-2-1-7-23-11/h1-2,7,12H,3-6,8-10H2,(H,16,21)/t12-/m0/s1. The Labute approximate surface area is 133 Å². The Hall–Kier alpha value is -2.35. The maximum Gasteiger partial charge on any atom is 0.325 e. The van der Waals surface area contributed by atoms with Gasteiger partial charge in [0.25, 0.3) is 5.91 Å². The number of carbonyl (C=O) groups is 3. The maximum atomic E-state index is 12.3. The highest BCUT2D eigenvalue weighted by molar-refractivity contribution is 6.04. The molecule has 23 heavy (non-hydrogen) atoms. The van der Waals surface area contributed by atoms with Gasteiger partial charge in [-0.05, 0) is 18.6 Å². The topological polar surface area (TPSA) is 92.1 Å². The van der Waals surface area contributed by atoms with Crippen LogP contribution in [0.5, 0.6) is 0 Å². The highest BCUT2D eigenvalue weighted by atomic mass is 16.5. The molecule has 0 bridgehead atoms. The molecule has 2 fully saturated rings. The minimum absolute atomic E-state index is 0.0140. The van der Waals surface area contributed by atoms with Gasteiger partial charge in [-0.1, -0.05) is 0 Å². The summed E-state index contributed by atoms with van der Waals surface area (Å²) in [6.07, 6.45) is 2.02. The zero-order chi connectivity index (χ0) is 16.2. The van der Waals surface area contributed by atoms with Crippen molar-refractivity contribution in [3.63, 3.8) is 0 Å². The summed E-state index contributed by atoms with van der Waals surface area (Å²) in [5, 5.41) is 2.62. The number of amides is 4. The normalized spacial score (nSPS) is 21.7. The van der Waals surface area contributed by atoms with Crippen LogP contribution in [0.15, 0.2) is 22.8 Å². The van der Waals surface area contributed by atoms with E-state index in [1.807, 2.05) is 0 Å². The molecular formula is C15H19N3O5. The minimum Gasteiger partial charge on any atom is -0.467 e. The largest absolute Gasteiger partial charge is 0.467 e. The highest BCUT2D eigenvalue weighted by Crippen LogP contribution is 2.16. The third kappa shape index (κ3) is 3.53. The Morgan fingerprint density at radius 3 is 2.78 bits per heavy atom. The number of hydrogen-bond donors (Lipinski definition) is 1. The van der Waals surface area contributed by atoms with Gasteiger partial charge in [-0.2, -0.15) is 0 Å². The van der Waals surface area contributed by atoms with E-state index in [1.54, 1.807) is 17.0 Å². The second-order valence-electron chi connectivity index (χ2n) is 5.54. The first kappa shape index (κ1) is 15.5. The number of urea groups is 1. The highest BCUT2D eigenvalue weighted by Gasteiger charge is 2.38. The number of nitrogens with zero attached hydrogens (tertiary/aromatic N) is 2. The third-order valence-corrected chi connectivity index (χ3v) is 4.01. The Morgan fingerprint density at radius 2 is 2.09 bits per heavy atom. The number of carbonyl (C=O) groups excluding carboxylic acids is 3. The number of furan rings is 1. The van der Waals surface area contributed by atoms with Gasteiger partial charge in [-0.3, -0.25) is 14.5 Å². The molecule has 8 heteroatoms. The molecule has 2 saturated heterocycles. The number of rotatable bonds is 5. The summed E-state index contributed by atoms with van der Waals surface area (Å²) < 4.78 is 10.4. The fourth-order valence-corrected chi connectivity index (χ4v) is 2.72. The van der Waals surface area contributed by atoms with Crippen molar-refractivity contribution in [3.8, 4) is 0 Å². The van der Waals surface area contributed by atoms with E-state index in [4.69, 9.17) is 9.15 Å². The van der Waals surface area contributed by atoms with Crippen LogP contribution in [0.1, 0.15) is 18.6 Å². The molecule has 0 spiro atoms. The molecule has 0 saturated carbocycles. The zero-order valence-corrected chi connectivity index (χ0v) is 12.7. The van der Waals surface area contributed by atoms with Crippen LogP contribution in [0.25, 0.3) is 0 Å². The Bertz CT molecular complexity index is 580. The van der Waals surface area contributed by atoms with Crippen LogP contribution in [0.2, 0.25) is 0 Å². The van der Waals surface area contributed by atoms with Crippen molar-refractivity contribution in [2.45, 2.75) is 25.4 Å². The molecule has 0 unspecified atom stereocenters. The lowest BCUT2D eigenvalue weighted by molar-refractivity contribution is -0.135. The summed E-state index contributed by atoms with van der Waals surface area (Å²) in [5.74, 6) is 0.208. The molecule has 1 N–H and O–H groups in total. The van der Waals surface area contributed by atoms with Gasteiger partial charge >= 0.3 is 6.03 Å². The first-order chi connectivity index (χ1) is 11.1. The van der Waals surface area contributed by atoms with Crippen LogP contribution in [-0.2, 0) is 20.9 Å². The molecule has 0 aliphatic carbocycles. The van der Waals surface area contributed by atoms with Crippen molar-refractivity contribution in [3.05, 3.63) is 24.2 Å². The SMILES string of the molecule is O=C(CC[C@@H]1NC(=O)N(Cc2ccco2)C1=O)N1CCOCC1. The lowest BCUT2D eigenvalue weighted by Gasteiger charge is -2.27. The monoisotopic (exact) mass is 321 g/mol. The lowest BCUT2D eigenvalue weighted by Crippen LogP contribution is -2.41. The zero-order valence-electron chi connectivity index (χ0n) is 12.7. The van der Waals surface area contributed by atoms with Gasteiger partial charge in [0.2, 0.25) is 5.91 Å². The van der Waals surface area contributed by atoms with E-state index < -0.39 is 12.1 Å².